The second kappa shape index (κ2) is 2.75. The third kappa shape index (κ3) is 1.02. The van der Waals surface area contributed by atoms with Crippen LogP contribution in [0, 0.1) is 0 Å². The molecule has 0 unspecified atom stereocenters. The molecule has 3 rings (SSSR count). The molecule has 5 heteroatoms. The highest BCUT2D eigenvalue weighted by Crippen LogP contribution is 2.35. The van der Waals surface area contributed by atoms with Gasteiger partial charge in [0.2, 0.25) is 0 Å². The van der Waals surface area contributed by atoms with Crippen molar-refractivity contribution >= 4 is 11.8 Å². The van der Waals surface area contributed by atoms with Gasteiger partial charge in [-0.2, -0.15) is 0 Å². The summed E-state index contributed by atoms with van der Waals surface area (Å²) in [6.45, 7) is 0. The average Bonchev–Trinajstić information content (AvgIpc) is 2.65. The molecule has 1 N–H and O–H groups in total. The van der Waals surface area contributed by atoms with Gasteiger partial charge in [-0.1, -0.05) is 0 Å². The molecule has 2 aromatic rings. The van der Waals surface area contributed by atoms with Crippen molar-refractivity contribution in [1.29, 1.82) is 0 Å². The van der Waals surface area contributed by atoms with Crippen molar-refractivity contribution in [2.24, 2.45) is 0 Å². The molecule has 1 aromatic carbocycles. The molecule has 1 aliphatic heterocycles. The zero-order valence-electron chi connectivity index (χ0n) is 7.21. The summed E-state index contributed by atoms with van der Waals surface area (Å²) in [7, 11) is 0. The van der Waals surface area contributed by atoms with Gasteiger partial charge in [0.1, 0.15) is 17.9 Å². The first kappa shape index (κ1) is 7.87. The van der Waals surface area contributed by atoms with E-state index in [2.05, 4.69) is 10.2 Å². The van der Waals surface area contributed by atoms with Crippen molar-refractivity contribution in [1.82, 2.24) is 14.8 Å². The number of rotatable bonds is 0. The number of fused-ring (bicyclic) bond motifs is 3. The maximum atomic E-state index is 9.33. The van der Waals surface area contributed by atoms with Gasteiger partial charge in [0.15, 0.2) is 0 Å². The van der Waals surface area contributed by atoms with E-state index in [1.807, 2.05) is 10.6 Å². The van der Waals surface area contributed by atoms with E-state index in [1.165, 1.54) is 0 Å². The van der Waals surface area contributed by atoms with Crippen LogP contribution in [0.2, 0.25) is 0 Å². The molecule has 0 spiro atoms. The van der Waals surface area contributed by atoms with E-state index in [9.17, 15) is 5.11 Å². The highest BCUT2D eigenvalue weighted by molar-refractivity contribution is 7.98. The van der Waals surface area contributed by atoms with Crippen LogP contribution in [-0.2, 0) is 5.75 Å². The van der Waals surface area contributed by atoms with Crippen molar-refractivity contribution in [2.45, 2.75) is 10.6 Å². The van der Waals surface area contributed by atoms with E-state index < -0.39 is 0 Å². The molecule has 2 heterocycles. The normalized spacial score (nSPS) is 13.4. The summed E-state index contributed by atoms with van der Waals surface area (Å²) in [5, 5.41) is 17.2. The Bertz CT molecular complexity index is 495. The van der Waals surface area contributed by atoms with E-state index >= 15 is 0 Å². The van der Waals surface area contributed by atoms with Gasteiger partial charge in [-0.15, -0.1) is 22.0 Å². The number of phenols is 1. The van der Waals surface area contributed by atoms with Crippen molar-refractivity contribution in [2.75, 3.05) is 0 Å². The monoisotopic (exact) mass is 205 g/mol. The summed E-state index contributed by atoms with van der Waals surface area (Å²) in [6, 6.07) is 5.32. The lowest BCUT2D eigenvalue weighted by Crippen LogP contribution is -2.05. The minimum absolute atomic E-state index is 0.299. The summed E-state index contributed by atoms with van der Waals surface area (Å²) in [5.41, 5.74) is 1.04. The first-order chi connectivity index (χ1) is 6.84. The van der Waals surface area contributed by atoms with Crippen LogP contribution in [-0.4, -0.2) is 19.9 Å². The highest BCUT2D eigenvalue weighted by atomic mass is 32.2. The Kier molecular flexibility index (Phi) is 1.55. The van der Waals surface area contributed by atoms with E-state index in [1.54, 1.807) is 30.2 Å². The molecule has 0 atom stereocenters. The molecule has 1 aromatic heterocycles. The summed E-state index contributed by atoms with van der Waals surface area (Å²) in [5.74, 6) is 2.05. The topological polar surface area (TPSA) is 50.9 Å². The van der Waals surface area contributed by atoms with Crippen LogP contribution in [0.3, 0.4) is 0 Å². The van der Waals surface area contributed by atoms with Gasteiger partial charge in [0.25, 0.3) is 0 Å². The SMILES string of the molecule is Oc1ccc2c(c1)SCc1nncn1-2. The Morgan fingerprint density at radius 1 is 1.43 bits per heavy atom. The molecule has 0 saturated carbocycles. The van der Waals surface area contributed by atoms with E-state index in [4.69, 9.17) is 0 Å². The molecular formula is C9H7N3OS. The van der Waals surface area contributed by atoms with E-state index in [-0.39, 0.29) is 0 Å². The second-order valence-electron chi connectivity index (χ2n) is 3.06. The number of thioether (sulfide) groups is 1. The summed E-state index contributed by atoms with van der Waals surface area (Å²) >= 11 is 1.67. The van der Waals surface area contributed by atoms with Crippen molar-refractivity contribution in [3.8, 4) is 11.4 Å². The first-order valence-electron chi connectivity index (χ1n) is 4.20. The molecular weight excluding hydrogens is 198 g/mol. The van der Waals surface area contributed by atoms with Gasteiger partial charge in [0, 0.05) is 4.90 Å². The molecule has 0 fully saturated rings. The predicted molar refractivity (Wildman–Crippen MR) is 52.6 cm³/mol. The number of aromatic nitrogens is 3. The number of phenolic OH excluding ortho intramolecular Hbond substituents is 1. The summed E-state index contributed by atoms with van der Waals surface area (Å²) in [6.07, 6.45) is 1.70. The third-order valence-electron chi connectivity index (χ3n) is 2.18. The van der Waals surface area contributed by atoms with Crippen LogP contribution in [0.15, 0.2) is 29.4 Å². The van der Waals surface area contributed by atoms with Crippen molar-refractivity contribution < 1.29 is 5.11 Å². The molecule has 14 heavy (non-hydrogen) atoms. The number of nitrogens with zero attached hydrogens (tertiary/aromatic N) is 3. The lowest BCUT2D eigenvalue weighted by molar-refractivity contribution is 0.473. The van der Waals surface area contributed by atoms with Crippen molar-refractivity contribution in [3.63, 3.8) is 0 Å². The second-order valence-corrected chi connectivity index (χ2v) is 4.08. The van der Waals surface area contributed by atoms with Gasteiger partial charge in [0.05, 0.1) is 11.4 Å². The lowest BCUT2D eigenvalue weighted by Gasteiger charge is -2.16. The zero-order chi connectivity index (χ0) is 9.54. The third-order valence-corrected chi connectivity index (χ3v) is 3.22. The molecule has 4 nitrogen and oxygen atoms in total. The summed E-state index contributed by atoms with van der Waals surface area (Å²) in [4.78, 5) is 1.07. The van der Waals surface area contributed by atoms with Crippen LogP contribution < -0.4 is 0 Å². The fourth-order valence-electron chi connectivity index (χ4n) is 1.52. The number of aromatic hydroxyl groups is 1. The fraction of sp³-hybridized carbons (Fsp3) is 0.111. The largest absolute Gasteiger partial charge is 0.508 e. The van der Waals surface area contributed by atoms with Crippen LogP contribution >= 0.6 is 11.8 Å². The smallest absolute Gasteiger partial charge is 0.147 e. The van der Waals surface area contributed by atoms with Gasteiger partial charge >= 0.3 is 0 Å². The maximum absolute atomic E-state index is 9.33. The molecule has 0 saturated heterocycles. The minimum atomic E-state index is 0.299. The Morgan fingerprint density at radius 2 is 2.36 bits per heavy atom. The predicted octanol–water partition coefficient (Wildman–Crippen LogP) is 1.58. The van der Waals surface area contributed by atoms with Gasteiger partial charge < -0.3 is 5.11 Å². The Morgan fingerprint density at radius 3 is 3.29 bits per heavy atom. The molecule has 1 aliphatic rings. The van der Waals surface area contributed by atoms with Crippen LogP contribution in [0.5, 0.6) is 5.75 Å². The lowest BCUT2D eigenvalue weighted by atomic mass is 10.3. The molecule has 0 bridgehead atoms. The van der Waals surface area contributed by atoms with Crippen LogP contribution in [0.1, 0.15) is 5.82 Å². The van der Waals surface area contributed by atoms with Crippen LogP contribution in [0.4, 0.5) is 0 Å². The molecule has 0 amide bonds. The molecule has 0 aliphatic carbocycles. The number of hydrogen-bond donors (Lipinski definition) is 1. The van der Waals surface area contributed by atoms with E-state index in [0.717, 1.165) is 22.2 Å². The fourth-order valence-corrected chi connectivity index (χ4v) is 2.52. The standard InChI is InChI=1S/C9H7N3OS/c13-6-1-2-7-8(3-6)14-4-9-11-10-5-12(7)9/h1-3,5,13H,4H2. The summed E-state index contributed by atoms with van der Waals surface area (Å²) < 4.78 is 1.95. The Balaban J connectivity index is 2.26. The molecule has 70 valence electrons. The Labute approximate surface area is 84.6 Å². The minimum Gasteiger partial charge on any atom is -0.508 e. The number of hydrogen-bond acceptors (Lipinski definition) is 4. The van der Waals surface area contributed by atoms with Crippen molar-refractivity contribution in [3.05, 3.63) is 30.4 Å². The van der Waals surface area contributed by atoms with Crippen LogP contribution in [0.25, 0.3) is 5.69 Å². The van der Waals surface area contributed by atoms with Gasteiger partial charge in [-0.3, -0.25) is 4.57 Å². The first-order valence-corrected chi connectivity index (χ1v) is 5.18. The average molecular weight is 205 g/mol. The quantitative estimate of drug-likeness (QED) is 0.709. The Hall–Kier alpha value is -1.49. The van der Waals surface area contributed by atoms with Gasteiger partial charge in [-0.05, 0) is 18.2 Å². The maximum Gasteiger partial charge on any atom is 0.147 e. The zero-order valence-corrected chi connectivity index (χ0v) is 8.03. The number of benzene rings is 1. The van der Waals surface area contributed by atoms with E-state index in [0.29, 0.717) is 5.75 Å². The van der Waals surface area contributed by atoms with Gasteiger partial charge in [-0.25, -0.2) is 0 Å². The molecule has 0 radical (unpaired) electrons. The highest BCUT2D eigenvalue weighted by Gasteiger charge is 2.17.